The van der Waals surface area contributed by atoms with Gasteiger partial charge >= 0.3 is 5.97 Å². The number of furan rings is 1. The maximum absolute atomic E-state index is 12.6. The van der Waals surface area contributed by atoms with Crippen molar-refractivity contribution in [3.63, 3.8) is 0 Å². The SMILES string of the molecule is Cc1ccc2c(c1)OC(C)CN2C(=O)c1cc(C(=O)O)co1. The summed E-state index contributed by atoms with van der Waals surface area (Å²) >= 11 is 0. The summed E-state index contributed by atoms with van der Waals surface area (Å²) in [6.07, 6.45) is 0.905. The lowest BCUT2D eigenvalue weighted by molar-refractivity contribution is 0.0696. The Morgan fingerprint density at radius 1 is 1.32 bits per heavy atom. The zero-order valence-corrected chi connectivity index (χ0v) is 12.2. The normalized spacial score (nSPS) is 16.8. The number of carboxylic acids is 1. The van der Waals surface area contributed by atoms with Crippen LogP contribution in [0.3, 0.4) is 0 Å². The lowest BCUT2D eigenvalue weighted by Gasteiger charge is -2.33. The highest BCUT2D eigenvalue weighted by Gasteiger charge is 2.30. The molecule has 2 heterocycles. The summed E-state index contributed by atoms with van der Waals surface area (Å²) < 4.78 is 10.9. The molecule has 1 aromatic heterocycles. The molecule has 0 radical (unpaired) electrons. The second kappa shape index (κ2) is 5.22. The zero-order valence-electron chi connectivity index (χ0n) is 12.2. The second-order valence-corrected chi connectivity index (χ2v) is 5.32. The van der Waals surface area contributed by atoms with Crippen molar-refractivity contribution in [2.24, 2.45) is 0 Å². The molecule has 6 heteroatoms. The van der Waals surface area contributed by atoms with Gasteiger partial charge in [0, 0.05) is 6.07 Å². The molecule has 1 amide bonds. The summed E-state index contributed by atoms with van der Waals surface area (Å²) in [7, 11) is 0. The first-order chi connectivity index (χ1) is 10.5. The van der Waals surface area contributed by atoms with E-state index in [9.17, 15) is 9.59 Å². The second-order valence-electron chi connectivity index (χ2n) is 5.32. The molecule has 0 bridgehead atoms. The van der Waals surface area contributed by atoms with Crippen molar-refractivity contribution in [1.82, 2.24) is 0 Å². The van der Waals surface area contributed by atoms with Crippen LogP contribution in [-0.4, -0.2) is 29.6 Å². The maximum atomic E-state index is 12.6. The highest BCUT2D eigenvalue weighted by atomic mass is 16.5. The van der Waals surface area contributed by atoms with Gasteiger partial charge in [0.1, 0.15) is 18.1 Å². The van der Waals surface area contributed by atoms with Crippen LogP contribution in [0, 0.1) is 6.92 Å². The van der Waals surface area contributed by atoms with Gasteiger partial charge in [-0.3, -0.25) is 9.69 Å². The summed E-state index contributed by atoms with van der Waals surface area (Å²) in [4.78, 5) is 25.1. The van der Waals surface area contributed by atoms with E-state index in [1.165, 1.54) is 6.07 Å². The lowest BCUT2D eigenvalue weighted by Crippen LogP contribution is -2.42. The summed E-state index contributed by atoms with van der Waals surface area (Å²) in [6.45, 7) is 4.19. The number of amides is 1. The summed E-state index contributed by atoms with van der Waals surface area (Å²) in [5.74, 6) is -0.878. The number of hydrogen-bond acceptors (Lipinski definition) is 4. The Morgan fingerprint density at radius 3 is 2.77 bits per heavy atom. The van der Waals surface area contributed by atoms with Gasteiger partial charge in [0.15, 0.2) is 5.76 Å². The number of aryl methyl sites for hydroxylation is 1. The van der Waals surface area contributed by atoms with E-state index in [2.05, 4.69) is 0 Å². The van der Waals surface area contributed by atoms with Crippen LogP contribution in [0.15, 0.2) is 34.9 Å². The van der Waals surface area contributed by atoms with Gasteiger partial charge in [0.2, 0.25) is 0 Å². The van der Waals surface area contributed by atoms with Crippen LogP contribution in [0.25, 0.3) is 0 Å². The molecule has 2 aromatic rings. The Morgan fingerprint density at radius 2 is 2.09 bits per heavy atom. The Labute approximate surface area is 126 Å². The fourth-order valence-electron chi connectivity index (χ4n) is 2.43. The number of nitrogens with zero attached hydrogens (tertiary/aromatic N) is 1. The van der Waals surface area contributed by atoms with Crippen molar-refractivity contribution < 1.29 is 23.8 Å². The molecular weight excluding hydrogens is 286 g/mol. The van der Waals surface area contributed by atoms with Crippen molar-refractivity contribution in [1.29, 1.82) is 0 Å². The van der Waals surface area contributed by atoms with Gasteiger partial charge < -0.3 is 14.3 Å². The molecule has 0 saturated heterocycles. The topological polar surface area (TPSA) is 80.0 Å². The molecule has 22 heavy (non-hydrogen) atoms. The molecule has 1 atom stereocenters. The van der Waals surface area contributed by atoms with Gasteiger partial charge in [-0.05, 0) is 31.5 Å². The number of fused-ring (bicyclic) bond motifs is 1. The van der Waals surface area contributed by atoms with E-state index < -0.39 is 5.97 Å². The fraction of sp³-hybridized carbons (Fsp3) is 0.250. The molecule has 0 spiro atoms. The van der Waals surface area contributed by atoms with E-state index in [0.717, 1.165) is 11.8 Å². The molecule has 1 unspecified atom stereocenters. The van der Waals surface area contributed by atoms with E-state index in [1.54, 1.807) is 4.90 Å². The molecule has 1 N–H and O–H groups in total. The number of carbonyl (C=O) groups excluding carboxylic acids is 1. The van der Waals surface area contributed by atoms with Crippen molar-refractivity contribution >= 4 is 17.6 Å². The van der Waals surface area contributed by atoms with Crippen LogP contribution in [0.1, 0.15) is 33.4 Å². The molecule has 0 fully saturated rings. The Kier molecular flexibility index (Phi) is 3.36. The van der Waals surface area contributed by atoms with Gasteiger partial charge in [-0.15, -0.1) is 0 Å². The Balaban J connectivity index is 1.97. The van der Waals surface area contributed by atoms with Crippen molar-refractivity contribution in [2.75, 3.05) is 11.4 Å². The van der Waals surface area contributed by atoms with E-state index >= 15 is 0 Å². The first-order valence-corrected chi connectivity index (χ1v) is 6.86. The molecule has 0 aliphatic carbocycles. The minimum Gasteiger partial charge on any atom is -0.487 e. The molecule has 1 aromatic carbocycles. The minimum absolute atomic E-state index is 0.00183. The number of benzene rings is 1. The number of anilines is 1. The smallest absolute Gasteiger partial charge is 0.338 e. The van der Waals surface area contributed by atoms with Gasteiger partial charge in [-0.2, -0.15) is 0 Å². The first-order valence-electron chi connectivity index (χ1n) is 6.86. The van der Waals surface area contributed by atoms with Crippen molar-refractivity contribution in [2.45, 2.75) is 20.0 Å². The largest absolute Gasteiger partial charge is 0.487 e. The predicted octanol–water partition coefficient (Wildman–Crippen LogP) is 2.71. The zero-order chi connectivity index (χ0) is 15.9. The van der Waals surface area contributed by atoms with Crippen molar-refractivity contribution in [3.8, 4) is 5.75 Å². The molecule has 0 saturated carbocycles. The highest BCUT2D eigenvalue weighted by molar-refractivity contribution is 6.06. The number of rotatable bonds is 2. The van der Waals surface area contributed by atoms with E-state index in [-0.39, 0.29) is 23.3 Å². The highest BCUT2D eigenvalue weighted by Crippen LogP contribution is 2.35. The van der Waals surface area contributed by atoms with Crippen LogP contribution < -0.4 is 9.64 Å². The van der Waals surface area contributed by atoms with Crippen LogP contribution in [0.2, 0.25) is 0 Å². The minimum atomic E-state index is -1.13. The Hall–Kier alpha value is -2.76. The lowest BCUT2D eigenvalue weighted by atomic mass is 10.1. The van der Waals surface area contributed by atoms with E-state index in [0.29, 0.717) is 18.0 Å². The number of carboxylic acid groups (broad SMARTS) is 1. The van der Waals surface area contributed by atoms with Crippen LogP contribution in [0.4, 0.5) is 5.69 Å². The quantitative estimate of drug-likeness (QED) is 0.922. The molecule has 1 aliphatic rings. The third-order valence-corrected chi connectivity index (χ3v) is 3.48. The first kappa shape index (κ1) is 14.2. The average Bonchev–Trinajstić information content (AvgIpc) is 2.95. The fourth-order valence-corrected chi connectivity index (χ4v) is 2.43. The van der Waals surface area contributed by atoms with Gasteiger partial charge in [-0.25, -0.2) is 4.79 Å². The third kappa shape index (κ3) is 2.43. The number of hydrogen-bond donors (Lipinski definition) is 1. The summed E-state index contributed by atoms with van der Waals surface area (Å²) in [5, 5.41) is 8.92. The van der Waals surface area contributed by atoms with E-state index in [1.807, 2.05) is 32.0 Å². The average molecular weight is 301 g/mol. The van der Waals surface area contributed by atoms with Gasteiger partial charge in [-0.1, -0.05) is 6.07 Å². The van der Waals surface area contributed by atoms with Crippen LogP contribution in [0.5, 0.6) is 5.75 Å². The maximum Gasteiger partial charge on any atom is 0.338 e. The number of aromatic carboxylic acids is 1. The molecule has 3 rings (SSSR count). The number of ether oxygens (including phenoxy) is 1. The number of carbonyl (C=O) groups is 2. The van der Waals surface area contributed by atoms with Crippen molar-refractivity contribution in [3.05, 3.63) is 47.4 Å². The molecule has 6 nitrogen and oxygen atoms in total. The third-order valence-electron chi connectivity index (χ3n) is 3.48. The van der Waals surface area contributed by atoms with Gasteiger partial charge in [0.05, 0.1) is 17.8 Å². The van der Waals surface area contributed by atoms with E-state index in [4.69, 9.17) is 14.3 Å². The molecule has 114 valence electrons. The molecular formula is C16H15NO5. The standard InChI is InChI=1S/C16H15NO5/c1-9-3-4-12-13(5-9)22-10(2)7-17(12)15(18)14-6-11(8-21-14)16(19)20/h3-6,8,10H,7H2,1-2H3,(H,19,20). The van der Waals surface area contributed by atoms with Crippen LogP contribution in [-0.2, 0) is 0 Å². The predicted molar refractivity (Wildman–Crippen MR) is 78.6 cm³/mol. The summed E-state index contributed by atoms with van der Waals surface area (Å²) in [5.41, 5.74) is 1.64. The monoisotopic (exact) mass is 301 g/mol. The molecule has 1 aliphatic heterocycles. The summed E-state index contributed by atoms with van der Waals surface area (Å²) in [6, 6.07) is 6.81. The Bertz CT molecular complexity index is 749. The van der Waals surface area contributed by atoms with Gasteiger partial charge in [0.25, 0.3) is 5.91 Å². The van der Waals surface area contributed by atoms with Crippen LogP contribution >= 0.6 is 0 Å².